The average Bonchev–Trinajstić information content (AvgIpc) is 3.45. The second-order valence-corrected chi connectivity index (χ2v) is 11.3. The van der Waals surface area contributed by atoms with Crippen molar-refractivity contribution in [3.05, 3.63) is 141 Å². The third kappa shape index (κ3) is 3.64. The second-order valence-electron chi connectivity index (χ2n) is 10.4. The molecule has 0 unspecified atom stereocenters. The molecular weight excluding hydrogens is 562 g/mol. The van der Waals surface area contributed by atoms with Gasteiger partial charge in [-0.2, -0.15) is 0 Å². The van der Waals surface area contributed by atoms with Gasteiger partial charge in [-0.15, -0.1) is 0 Å². The molecule has 3 aliphatic rings. The third-order valence-electron chi connectivity index (χ3n) is 8.45. The fraction of sp³-hybridized carbons (Fsp3) is 0.121. The summed E-state index contributed by atoms with van der Waals surface area (Å²) in [6.45, 7) is 0. The van der Waals surface area contributed by atoms with E-state index in [1.54, 1.807) is 18.3 Å². The van der Waals surface area contributed by atoms with Crippen molar-refractivity contribution in [2.45, 2.75) is 17.5 Å². The largest absolute Gasteiger partial charge is 0.358 e. The first kappa shape index (κ1) is 25.7. The Hall–Kier alpha value is -4.26. The molecule has 0 bridgehead atoms. The quantitative estimate of drug-likeness (QED) is 0.260. The lowest BCUT2D eigenvalue weighted by Gasteiger charge is -2.38. The number of halogens is 3. The Labute approximate surface area is 245 Å². The van der Waals surface area contributed by atoms with Gasteiger partial charge >= 0.3 is 0 Å². The van der Waals surface area contributed by atoms with E-state index in [4.69, 9.17) is 23.2 Å². The average molecular weight is 583 g/mol. The zero-order valence-electron chi connectivity index (χ0n) is 21.4. The molecule has 7 rings (SSSR count). The molecule has 41 heavy (non-hydrogen) atoms. The fourth-order valence-corrected chi connectivity index (χ4v) is 7.31. The highest BCUT2D eigenvalue weighted by Crippen LogP contribution is 2.62. The fourth-order valence-electron chi connectivity index (χ4n) is 6.81. The lowest BCUT2D eigenvalue weighted by Crippen LogP contribution is -2.49. The summed E-state index contributed by atoms with van der Waals surface area (Å²) >= 11 is 12.7. The summed E-state index contributed by atoms with van der Waals surface area (Å²) in [5.74, 6) is -2.93. The van der Waals surface area contributed by atoms with Crippen LogP contribution in [0.25, 0.3) is 6.08 Å². The van der Waals surface area contributed by atoms with E-state index in [9.17, 15) is 18.8 Å². The normalized spacial score (nSPS) is 23.6. The maximum Gasteiger partial charge on any atom is 0.238 e. The number of anilines is 1. The standard InChI is InChI=1S/C33H21Cl2FN2O3/c34-20-11-14-23(25(35)17-20)30(40)28-27(29(39)19-9-12-21(36)13-10-19)33(24-7-3-4-8-26(24)37-32(33)41)31-22-6-2-1-5-18(22)15-16-38(28)31/h1-17,27-28,31H,(H,37,41)/t27-,28+,31-,33-/m1/s1. The number of nitrogens with zero attached hydrogens (tertiary/aromatic N) is 1. The van der Waals surface area contributed by atoms with Gasteiger partial charge in [-0.25, -0.2) is 4.39 Å². The van der Waals surface area contributed by atoms with Gasteiger partial charge in [0.1, 0.15) is 17.3 Å². The zero-order valence-corrected chi connectivity index (χ0v) is 22.9. The van der Waals surface area contributed by atoms with Crippen LogP contribution in [0.2, 0.25) is 10.0 Å². The number of fused-ring (bicyclic) bond motifs is 6. The SMILES string of the molecule is O=C(c1ccc(Cl)cc1Cl)[C@@H]1[C@H](C(=O)c2ccc(F)cc2)[C@@]2(C(=O)Nc3ccccc32)[C@H]2c3ccccc3C=CN12. The van der Waals surface area contributed by atoms with Gasteiger partial charge in [0, 0.05) is 28.0 Å². The number of Topliss-reactive ketones (excluding diaryl/α,β-unsaturated/α-hetero) is 2. The predicted molar refractivity (Wildman–Crippen MR) is 156 cm³/mol. The van der Waals surface area contributed by atoms with Crippen LogP contribution in [0, 0.1) is 11.7 Å². The lowest BCUT2D eigenvalue weighted by atomic mass is 9.62. The smallest absolute Gasteiger partial charge is 0.238 e. The van der Waals surface area contributed by atoms with Crippen LogP contribution >= 0.6 is 23.2 Å². The Morgan fingerprint density at radius 1 is 0.878 bits per heavy atom. The number of hydrogen-bond donors (Lipinski definition) is 1. The molecule has 0 aromatic heterocycles. The molecule has 1 N–H and O–H groups in total. The van der Waals surface area contributed by atoms with Crippen LogP contribution in [0.15, 0.2) is 97.2 Å². The van der Waals surface area contributed by atoms with Crippen LogP contribution in [0.5, 0.6) is 0 Å². The van der Waals surface area contributed by atoms with Crippen molar-refractivity contribution < 1.29 is 18.8 Å². The topological polar surface area (TPSA) is 66.5 Å². The highest BCUT2D eigenvalue weighted by molar-refractivity contribution is 6.37. The van der Waals surface area contributed by atoms with E-state index in [0.717, 1.165) is 11.1 Å². The third-order valence-corrected chi connectivity index (χ3v) is 8.99. The Morgan fingerprint density at radius 3 is 2.39 bits per heavy atom. The van der Waals surface area contributed by atoms with Gasteiger partial charge in [-0.3, -0.25) is 14.4 Å². The molecule has 0 saturated carbocycles. The first-order valence-electron chi connectivity index (χ1n) is 13.1. The van der Waals surface area contributed by atoms with Crippen LogP contribution < -0.4 is 5.32 Å². The highest BCUT2D eigenvalue weighted by atomic mass is 35.5. The van der Waals surface area contributed by atoms with E-state index >= 15 is 0 Å². The van der Waals surface area contributed by atoms with Gasteiger partial charge in [-0.05, 0) is 71.3 Å². The number of carbonyl (C=O) groups is 3. The minimum atomic E-state index is -1.48. The highest BCUT2D eigenvalue weighted by Gasteiger charge is 2.70. The van der Waals surface area contributed by atoms with Crippen LogP contribution in [-0.4, -0.2) is 28.4 Å². The molecule has 0 aliphatic carbocycles. The van der Waals surface area contributed by atoms with Crippen LogP contribution in [0.3, 0.4) is 0 Å². The van der Waals surface area contributed by atoms with Crippen LogP contribution in [-0.2, 0) is 10.2 Å². The van der Waals surface area contributed by atoms with Crippen molar-refractivity contribution >= 4 is 52.4 Å². The summed E-state index contributed by atoms with van der Waals surface area (Å²) in [7, 11) is 0. The number of carbonyl (C=O) groups excluding carboxylic acids is 3. The number of benzene rings is 4. The molecule has 3 aliphatic heterocycles. The molecule has 8 heteroatoms. The number of para-hydroxylation sites is 1. The lowest BCUT2D eigenvalue weighted by molar-refractivity contribution is -0.122. The Balaban J connectivity index is 1.54. The van der Waals surface area contributed by atoms with Gasteiger partial charge in [0.15, 0.2) is 11.6 Å². The molecule has 4 aromatic carbocycles. The van der Waals surface area contributed by atoms with Crippen LogP contribution in [0.4, 0.5) is 10.1 Å². The summed E-state index contributed by atoms with van der Waals surface area (Å²) in [5, 5.41) is 3.51. The maximum absolute atomic E-state index is 14.7. The maximum atomic E-state index is 14.7. The Bertz CT molecular complexity index is 1800. The summed E-state index contributed by atoms with van der Waals surface area (Å²) < 4.78 is 13.9. The van der Waals surface area contributed by atoms with Gasteiger partial charge < -0.3 is 10.2 Å². The van der Waals surface area contributed by atoms with E-state index < -0.39 is 40.8 Å². The van der Waals surface area contributed by atoms with Crippen molar-refractivity contribution in [1.82, 2.24) is 4.90 Å². The number of ketones is 2. The van der Waals surface area contributed by atoms with Crippen LogP contribution in [0.1, 0.15) is 43.4 Å². The summed E-state index contributed by atoms with van der Waals surface area (Å²) in [6.07, 6.45) is 3.67. The van der Waals surface area contributed by atoms with Gasteiger partial charge in [0.05, 0.1) is 17.0 Å². The van der Waals surface area contributed by atoms with Crippen molar-refractivity contribution in [1.29, 1.82) is 0 Å². The first-order valence-corrected chi connectivity index (χ1v) is 13.8. The van der Waals surface area contributed by atoms with Gasteiger partial charge in [0.25, 0.3) is 0 Å². The molecule has 1 spiro atoms. The van der Waals surface area contributed by atoms with Crippen molar-refractivity contribution in [3.63, 3.8) is 0 Å². The van der Waals surface area contributed by atoms with E-state index in [1.165, 1.54) is 36.4 Å². The van der Waals surface area contributed by atoms with Gasteiger partial charge in [0.2, 0.25) is 5.91 Å². The Kier molecular flexibility index (Phi) is 5.89. The molecule has 1 amide bonds. The Morgan fingerprint density at radius 2 is 1.61 bits per heavy atom. The predicted octanol–water partition coefficient (Wildman–Crippen LogP) is 7.11. The van der Waals surface area contributed by atoms with E-state index in [1.807, 2.05) is 53.4 Å². The molecule has 1 fully saturated rings. The zero-order chi connectivity index (χ0) is 28.5. The molecule has 1 saturated heterocycles. The molecule has 4 aromatic rings. The molecule has 5 nitrogen and oxygen atoms in total. The number of amides is 1. The molecule has 3 heterocycles. The summed E-state index contributed by atoms with van der Waals surface area (Å²) in [6, 6.07) is 22.9. The summed E-state index contributed by atoms with van der Waals surface area (Å²) in [4.78, 5) is 45.4. The first-order chi connectivity index (χ1) is 19.8. The minimum Gasteiger partial charge on any atom is -0.358 e. The minimum absolute atomic E-state index is 0.144. The second kappa shape index (κ2) is 9.40. The molecular formula is C33H21Cl2FN2O3. The molecule has 0 radical (unpaired) electrons. The van der Waals surface area contributed by atoms with E-state index in [-0.39, 0.29) is 22.1 Å². The van der Waals surface area contributed by atoms with Gasteiger partial charge in [-0.1, -0.05) is 65.7 Å². The molecule has 202 valence electrons. The van der Waals surface area contributed by atoms with E-state index in [2.05, 4.69) is 5.32 Å². The van der Waals surface area contributed by atoms with E-state index in [0.29, 0.717) is 16.3 Å². The van der Waals surface area contributed by atoms with Crippen molar-refractivity contribution in [2.75, 3.05) is 5.32 Å². The monoisotopic (exact) mass is 582 g/mol. The van der Waals surface area contributed by atoms with Crippen molar-refractivity contribution in [2.24, 2.45) is 5.92 Å². The number of rotatable bonds is 4. The molecule has 4 atom stereocenters. The van der Waals surface area contributed by atoms with Crippen molar-refractivity contribution in [3.8, 4) is 0 Å². The number of hydrogen-bond acceptors (Lipinski definition) is 4. The summed E-state index contributed by atoms with van der Waals surface area (Å²) in [5.41, 5.74) is 1.81. The number of nitrogens with one attached hydrogen (secondary N) is 1.